The highest BCUT2D eigenvalue weighted by Gasteiger charge is 2.19. The van der Waals surface area contributed by atoms with Gasteiger partial charge in [-0.25, -0.2) is 0 Å². The summed E-state index contributed by atoms with van der Waals surface area (Å²) in [4.78, 5) is 5.11. The van der Waals surface area contributed by atoms with Crippen molar-refractivity contribution in [3.8, 4) is 0 Å². The van der Waals surface area contributed by atoms with Crippen molar-refractivity contribution in [3.05, 3.63) is 29.8 Å². The molecular formula is C18H29N3. The Bertz CT molecular complexity index is 440. The summed E-state index contributed by atoms with van der Waals surface area (Å²) in [6.07, 6.45) is 5.34. The SMILES string of the molecule is CCN1CCCC(NCc2ccccc2N2CCCC2)C1. The number of piperidine rings is 1. The summed E-state index contributed by atoms with van der Waals surface area (Å²) < 4.78 is 0. The molecule has 2 saturated heterocycles. The zero-order chi connectivity index (χ0) is 14.5. The molecule has 1 aromatic rings. The lowest BCUT2D eigenvalue weighted by molar-refractivity contribution is 0.198. The Balaban J connectivity index is 1.59. The van der Waals surface area contributed by atoms with Crippen LogP contribution in [0.4, 0.5) is 5.69 Å². The van der Waals surface area contributed by atoms with Gasteiger partial charge in [-0.1, -0.05) is 25.1 Å². The van der Waals surface area contributed by atoms with Crippen molar-refractivity contribution in [3.63, 3.8) is 0 Å². The fraction of sp³-hybridized carbons (Fsp3) is 0.667. The number of para-hydroxylation sites is 1. The van der Waals surface area contributed by atoms with Crippen LogP contribution in [0.1, 0.15) is 38.2 Å². The van der Waals surface area contributed by atoms with Crippen LogP contribution in [0.3, 0.4) is 0 Å². The molecule has 0 radical (unpaired) electrons. The summed E-state index contributed by atoms with van der Waals surface area (Å²) in [6, 6.07) is 9.60. The van der Waals surface area contributed by atoms with Crippen LogP contribution < -0.4 is 10.2 Å². The molecule has 1 aromatic carbocycles. The number of benzene rings is 1. The summed E-state index contributed by atoms with van der Waals surface area (Å²) in [6.45, 7) is 9.40. The van der Waals surface area contributed by atoms with E-state index in [1.165, 1.54) is 69.7 Å². The van der Waals surface area contributed by atoms with Crippen molar-refractivity contribution in [1.29, 1.82) is 0 Å². The van der Waals surface area contributed by atoms with E-state index in [1.807, 2.05) is 0 Å². The van der Waals surface area contributed by atoms with Crippen LogP contribution in [0.2, 0.25) is 0 Å². The average Bonchev–Trinajstić information content (AvgIpc) is 3.08. The third-order valence-electron chi connectivity index (χ3n) is 4.97. The predicted octanol–water partition coefficient (Wildman–Crippen LogP) is 2.86. The van der Waals surface area contributed by atoms with E-state index in [4.69, 9.17) is 0 Å². The summed E-state index contributed by atoms with van der Waals surface area (Å²) in [7, 11) is 0. The number of anilines is 1. The fourth-order valence-corrected chi connectivity index (χ4v) is 3.69. The average molecular weight is 287 g/mol. The van der Waals surface area contributed by atoms with Gasteiger partial charge < -0.3 is 15.1 Å². The number of hydrogen-bond donors (Lipinski definition) is 1. The molecule has 0 aromatic heterocycles. The Morgan fingerprint density at radius 3 is 2.71 bits per heavy atom. The second-order valence-corrected chi connectivity index (χ2v) is 6.44. The zero-order valence-corrected chi connectivity index (χ0v) is 13.4. The number of hydrogen-bond acceptors (Lipinski definition) is 3. The molecule has 116 valence electrons. The molecule has 0 amide bonds. The topological polar surface area (TPSA) is 18.5 Å². The largest absolute Gasteiger partial charge is 0.371 e. The molecule has 0 bridgehead atoms. The van der Waals surface area contributed by atoms with Gasteiger partial charge in [0.15, 0.2) is 0 Å². The molecular weight excluding hydrogens is 258 g/mol. The normalized spacial score (nSPS) is 23.7. The third kappa shape index (κ3) is 3.78. The third-order valence-corrected chi connectivity index (χ3v) is 4.97. The highest BCUT2D eigenvalue weighted by Crippen LogP contribution is 2.24. The monoisotopic (exact) mass is 287 g/mol. The van der Waals surface area contributed by atoms with Crippen LogP contribution in [0.15, 0.2) is 24.3 Å². The Kier molecular flexibility index (Phi) is 5.15. The number of likely N-dealkylation sites (N-methyl/N-ethyl adjacent to an activating group) is 1. The molecule has 1 atom stereocenters. The number of likely N-dealkylation sites (tertiary alicyclic amines) is 1. The molecule has 0 saturated carbocycles. The smallest absolute Gasteiger partial charge is 0.0411 e. The highest BCUT2D eigenvalue weighted by molar-refractivity contribution is 5.54. The van der Waals surface area contributed by atoms with Gasteiger partial charge in [0.2, 0.25) is 0 Å². The number of rotatable bonds is 5. The number of nitrogens with one attached hydrogen (secondary N) is 1. The minimum atomic E-state index is 0.658. The van der Waals surface area contributed by atoms with Gasteiger partial charge in [0.1, 0.15) is 0 Å². The van der Waals surface area contributed by atoms with Gasteiger partial charge in [0.05, 0.1) is 0 Å². The molecule has 2 heterocycles. The summed E-state index contributed by atoms with van der Waals surface area (Å²) in [5, 5.41) is 3.80. The van der Waals surface area contributed by atoms with Crippen LogP contribution in [0.25, 0.3) is 0 Å². The molecule has 2 fully saturated rings. The molecule has 3 heteroatoms. The molecule has 1 N–H and O–H groups in total. The Labute approximate surface area is 129 Å². The molecule has 2 aliphatic rings. The maximum atomic E-state index is 3.80. The van der Waals surface area contributed by atoms with Gasteiger partial charge >= 0.3 is 0 Å². The maximum absolute atomic E-state index is 3.80. The lowest BCUT2D eigenvalue weighted by atomic mass is 10.0. The lowest BCUT2D eigenvalue weighted by Crippen LogP contribution is -2.45. The van der Waals surface area contributed by atoms with Gasteiger partial charge in [-0.2, -0.15) is 0 Å². The van der Waals surface area contributed by atoms with Gasteiger partial charge in [-0.05, 0) is 50.4 Å². The molecule has 21 heavy (non-hydrogen) atoms. The first-order valence-electron chi connectivity index (χ1n) is 8.65. The van der Waals surface area contributed by atoms with Crippen LogP contribution in [-0.2, 0) is 6.54 Å². The Hall–Kier alpha value is -1.06. The second-order valence-electron chi connectivity index (χ2n) is 6.44. The Morgan fingerprint density at radius 1 is 1.10 bits per heavy atom. The van der Waals surface area contributed by atoms with Crippen molar-refractivity contribution in [1.82, 2.24) is 10.2 Å². The van der Waals surface area contributed by atoms with Gasteiger partial charge in [0, 0.05) is 37.9 Å². The van der Waals surface area contributed by atoms with E-state index in [-0.39, 0.29) is 0 Å². The molecule has 2 aliphatic heterocycles. The minimum absolute atomic E-state index is 0.658. The maximum Gasteiger partial charge on any atom is 0.0411 e. The van der Waals surface area contributed by atoms with E-state index in [0.717, 1.165) is 6.54 Å². The Morgan fingerprint density at radius 2 is 1.90 bits per heavy atom. The van der Waals surface area contributed by atoms with Crippen LogP contribution in [0.5, 0.6) is 0 Å². The van der Waals surface area contributed by atoms with Crippen molar-refractivity contribution in [2.75, 3.05) is 37.6 Å². The van der Waals surface area contributed by atoms with Crippen molar-refractivity contribution in [2.45, 2.75) is 45.2 Å². The predicted molar refractivity (Wildman–Crippen MR) is 89.9 cm³/mol. The first-order valence-corrected chi connectivity index (χ1v) is 8.65. The molecule has 0 aliphatic carbocycles. The van der Waals surface area contributed by atoms with E-state index < -0.39 is 0 Å². The molecule has 3 rings (SSSR count). The van der Waals surface area contributed by atoms with Crippen molar-refractivity contribution in [2.24, 2.45) is 0 Å². The second kappa shape index (κ2) is 7.28. The summed E-state index contributed by atoms with van der Waals surface area (Å²) in [5.41, 5.74) is 2.92. The zero-order valence-electron chi connectivity index (χ0n) is 13.4. The first kappa shape index (κ1) is 14.9. The van der Waals surface area contributed by atoms with Gasteiger partial charge in [0.25, 0.3) is 0 Å². The van der Waals surface area contributed by atoms with Crippen LogP contribution >= 0.6 is 0 Å². The van der Waals surface area contributed by atoms with E-state index in [0.29, 0.717) is 6.04 Å². The van der Waals surface area contributed by atoms with Gasteiger partial charge in [-0.15, -0.1) is 0 Å². The summed E-state index contributed by atoms with van der Waals surface area (Å²) in [5.74, 6) is 0. The van der Waals surface area contributed by atoms with Gasteiger partial charge in [-0.3, -0.25) is 0 Å². The van der Waals surface area contributed by atoms with Crippen molar-refractivity contribution < 1.29 is 0 Å². The quantitative estimate of drug-likeness (QED) is 0.898. The molecule has 1 unspecified atom stereocenters. The number of nitrogens with zero attached hydrogens (tertiary/aromatic N) is 2. The highest BCUT2D eigenvalue weighted by atomic mass is 15.2. The summed E-state index contributed by atoms with van der Waals surface area (Å²) >= 11 is 0. The standard InChI is InChI=1S/C18H29N3/c1-2-20-11-7-9-17(15-20)19-14-16-8-3-4-10-18(16)21-12-5-6-13-21/h3-4,8,10,17,19H,2,5-7,9,11-15H2,1H3. The van der Waals surface area contributed by atoms with E-state index >= 15 is 0 Å². The minimum Gasteiger partial charge on any atom is -0.371 e. The first-order chi connectivity index (χ1) is 10.4. The van der Waals surface area contributed by atoms with E-state index in [9.17, 15) is 0 Å². The van der Waals surface area contributed by atoms with Crippen LogP contribution in [0, 0.1) is 0 Å². The van der Waals surface area contributed by atoms with Crippen LogP contribution in [-0.4, -0.2) is 43.7 Å². The van der Waals surface area contributed by atoms with Crippen molar-refractivity contribution >= 4 is 5.69 Å². The molecule has 3 nitrogen and oxygen atoms in total. The lowest BCUT2D eigenvalue weighted by Gasteiger charge is -2.32. The van der Waals surface area contributed by atoms with E-state index in [1.54, 1.807) is 0 Å². The fourth-order valence-electron chi connectivity index (χ4n) is 3.69. The van der Waals surface area contributed by atoms with E-state index in [2.05, 4.69) is 46.3 Å². The molecule has 0 spiro atoms.